The first-order chi connectivity index (χ1) is 14.3. The number of aromatic nitrogens is 1. The summed E-state index contributed by atoms with van der Waals surface area (Å²) in [4.78, 5) is 22.5. The van der Waals surface area contributed by atoms with Crippen LogP contribution in [0.15, 0.2) is 30.3 Å². The van der Waals surface area contributed by atoms with Crippen molar-refractivity contribution in [2.45, 2.75) is 47.0 Å². The van der Waals surface area contributed by atoms with Crippen molar-refractivity contribution < 1.29 is 4.79 Å². The highest BCUT2D eigenvalue weighted by molar-refractivity contribution is 7.22. The van der Waals surface area contributed by atoms with E-state index in [1.165, 1.54) is 22.3 Å². The lowest BCUT2D eigenvalue weighted by atomic mass is 9.97. The molecule has 1 amide bonds. The second-order valence-electron chi connectivity index (χ2n) is 8.37. The molecule has 3 rings (SSSR count). The highest BCUT2D eigenvalue weighted by Crippen LogP contribution is 2.32. The number of benzene rings is 2. The molecule has 0 saturated heterocycles. The number of rotatable bonds is 8. The van der Waals surface area contributed by atoms with Crippen molar-refractivity contribution in [1.29, 1.82) is 0 Å². The number of hydrogen-bond acceptors (Lipinski definition) is 4. The maximum atomic E-state index is 13.5. The van der Waals surface area contributed by atoms with Crippen LogP contribution in [0.25, 0.3) is 10.2 Å². The highest BCUT2D eigenvalue weighted by atomic mass is 35.5. The van der Waals surface area contributed by atoms with Crippen LogP contribution in [-0.4, -0.2) is 43.0 Å². The first-order valence-corrected chi connectivity index (χ1v) is 11.5. The summed E-state index contributed by atoms with van der Waals surface area (Å²) >= 11 is 1.62. The summed E-state index contributed by atoms with van der Waals surface area (Å²) < 4.78 is 1.15. The summed E-state index contributed by atoms with van der Waals surface area (Å²) in [6, 6.07) is 10.6. The van der Waals surface area contributed by atoms with Crippen LogP contribution >= 0.6 is 23.7 Å². The van der Waals surface area contributed by atoms with Gasteiger partial charge in [-0.15, -0.1) is 12.4 Å². The van der Waals surface area contributed by atoms with Crippen LogP contribution in [0, 0.1) is 20.8 Å². The topological polar surface area (TPSA) is 36.4 Å². The molecule has 0 fully saturated rings. The molecule has 3 aromatic rings. The Hall–Kier alpha value is -1.95. The third-order valence-electron chi connectivity index (χ3n) is 5.56. The van der Waals surface area contributed by atoms with E-state index < -0.39 is 0 Å². The molecule has 0 aliphatic rings. The third-order valence-corrected chi connectivity index (χ3v) is 6.60. The molecule has 0 saturated carbocycles. The van der Waals surface area contributed by atoms with Gasteiger partial charge in [0.25, 0.3) is 0 Å². The van der Waals surface area contributed by atoms with E-state index in [9.17, 15) is 4.79 Å². The predicted octanol–water partition coefficient (Wildman–Crippen LogP) is 5.73. The van der Waals surface area contributed by atoms with Gasteiger partial charge >= 0.3 is 0 Å². The molecule has 0 aliphatic carbocycles. The van der Waals surface area contributed by atoms with Crippen LogP contribution in [0.3, 0.4) is 0 Å². The molecule has 6 heteroatoms. The Kier molecular flexibility index (Phi) is 9.04. The van der Waals surface area contributed by atoms with Gasteiger partial charge in [0.2, 0.25) is 5.91 Å². The minimum absolute atomic E-state index is 0. The van der Waals surface area contributed by atoms with E-state index in [4.69, 9.17) is 4.98 Å². The Morgan fingerprint density at radius 2 is 1.74 bits per heavy atom. The van der Waals surface area contributed by atoms with Gasteiger partial charge in [-0.05, 0) is 82.6 Å². The van der Waals surface area contributed by atoms with Gasteiger partial charge in [0.05, 0.1) is 16.6 Å². The molecule has 0 radical (unpaired) electrons. The molecule has 31 heavy (non-hydrogen) atoms. The van der Waals surface area contributed by atoms with E-state index in [1.807, 2.05) is 4.90 Å². The molecular formula is C25H34ClN3OS. The van der Waals surface area contributed by atoms with E-state index in [0.717, 1.165) is 40.3 Å². The van der Waals surface area contributed by atoms with Gasteiger partial charge < -0.3 is 4.90 Å². The van der Waals surface area contributed by atoms with Crippen molar-refractivity contribution in [2.75, 3.05) is 32.1 Å². The summed E-state index contributed by atoms with van der Waals surface area (Å²) in [5, 5.41) is 0.817. The van der Waals surface area contributed by atoms with Crippen LogP contribution in [0.5, 0.6) is 0 Å². The van der Waals surface area contributed by atoms with Gasteiger partial charge in [0, 0.05) is 6.54 Å². The van der Waals surface area contributed by atoms with Gasteiger partial charge in [-0.3, -0.25) is 9.69 Å². The van der Waals surface area contributed by atoms with Crippen molar-refractivity contribution in [3.63, 3.8) is 0 Å². The average molecular weight is 460 g/mol. The monoisotopic (exact) mass is 459 g/mol. The lowest BCUT2D eigenvalue weighted by molar-refractivity contribution is -0.118. The summed E-state index contributed by atoms with van der Waals surface area (Å²) in [5.41, 5.74) is 7.02. The van der Waals surface area contributed by atoms with Crippen molar-refractivity contribution in [2.24, 2.45) is 0 Å². The fourth-order valence-electron chi connectivity index (χ4n) is 4.00. The Bertz CT molecular complexity index is 1020. The number of amides is 1. The molecule has 0 unspecified atom stereocenters. The molecule has 0 N–H and O–H groups in total. The van der Waals surface area contributed by atoms with E-state index in [-0.39, 0.29) is 18.3 Å². The lowest BCUT2D eigenvalue weighted by Gasteiger charge is -2.22. The number of nitrogens with zero attached hydrogens (tertiary/aromatic N) is 3. The SMILES string of the molecule is CCc1cccc2sc(N(CCCN(C)C)C(=O)Cc3c(C)cc(C)cc3C)nc12.Cl. The fraction of sp³-hybridized carbons (Fsp3) is 0.440. The van der Waals surface area contributed by atoms with Crippen molar-refractivity contribution in [1.82, 2.24) is 9.88 Å². The molecular weight excluding hydrogens is 426 g/mol. The van der Waals surface area contributed by atoms with Crippen molar-refractivity contribution >= 4 is 45.0 Å². The largest absolute Gasteiger partial charge is 0.309 e. The molecule has 4 nitrogen and oxygen atoms in total. The second kappa shape index (κ2) is 11.1. The van der Waals surface area contributed by atoms with Crippen LogP contribution in [0.1, 0.15) is 41.2 Å². The summed E-state index contributed by atoms with van der Waals surface area (Å²) in [5.74, 6) is 0.126. The zero-order valence-corrected chi connectivity index (χ0v) is 21.1. The Labute approximate surface area is 196 Å². The molecule has 0 spiro atoms. The van der Waals surface area contributed by atoms with Crippen LogP contribution in [0.4, 0.5) is 5.13 Å². The average Bonchev–Trinajstić information content (AvgIpc) is 3.11. The van der Waals surface area contributed by atoms with Gasteiger partial charge in [0.15, 0.2) is 5.13 Å². The van der Waals surface area contributed by atoms with Gasteiger partial charge in [-0.2, -0.15) is 0 Å². The number of halogens is 1. The van der Waals surface area contributed by atoms with Crippen LogP contribution in [-0.2, 0) is 17.6 Å². The lowest BCUT2D eigenvalue weighted by Crippen LogP contribution is -2.34. The van der Waals surface area contributed by atoms with Crippen molar-refractivity contribution in [3.05, 3.63) is 58.1 Å². The van der Waals surface area contributed by atoms with Gasteiger partial charge in [-0.25, -0.2) is 4.98 Å². The maximum absolute atomic E-state index is 13.5. The number of carbonyl (C=O) groups is 1. The smallest absolute Gasteiger partial charge is 0.233 e. The number of para-hydroxylation sites is 1. The Morgan fingerprint density at radius 3 is 2.35 bits per heavy atom. The van der Waals surface area contributed by atoms with Crippen LogP contribution in [0.2, 0.25) is 0 Å². The predicted molar refractivity (Wildman–Crippen MR) is 136 cm³/mol. The fourth-order valence-corrected chi connectivity index (χ4v) is 5.06. The van der Waals surface area contributed by atoms with E-state index in [1.54, 1.807) is 11.3 Å². The summed E-state index contributed by atoms with van der Waals surface area (Å²) in [6.07, 6.45) is 2.27. The third kappa shape index (κ3) is 6.06. The Balaban J connectivity index is 0.00000341. The molecule has 0 aliphatic heterocycles. The highest BCUT2D eigenvalue weighted by Gasteiger charge is 2.22. The zero-order chi connectivity index (χ0) is 21.8. The van der Waals surface area contributed by atoms with E-state index in [0.29, 0.717) is 13.0 Å². The standard InChI is InChI=1S/C25H33N3OS.ClH/c1-7-20-10-8-11-22-24(20)26-25(30-22)28(13-9-12-27(5)6)23(29)16-21-18(3)14-17(2)15-19(21)4;/h8,10-11,14-15H,7,9,12-13,16H2,1-6H3;1H. The first kappa shape index (κ1) is 25.3. The van der Waals surface area contributed by atoms with Crippen LogP contribution < -0.4 is 4.90 Å². The quantitative estimate of drug-likeness (QED) is 0.431. The van der Waals surface area contributed by atoms with Gasteiger partial charge in [-0.1, -0.05) is 48.1 Å². The van der Waals surface area contributed by atoms with E-state index in [2.05, 4.69) is 77.0 Å². The normalized spacial score (nSPS) is 11.1. The molecule has 2 aromatic carbocycles. The number of aryl methyl sites for hydroxylation is 4. The second-order valence-corrected chi connectivity index (χ2v) is 9.38. The number of fused-ring (bicyclic) bond motifs is 1. The summed E-state index contributed by atoms with van der Waals surface area (Å²) in [7, 11) is 4.13. The van der Waals surface area contributed by atoms with Crippen molar-refractivity contribution in [3.8, 4) is 0 Å². The van der Waals surface area contributed by atoms with Gasteiger partial charge in [0.1, 0.15) is 0 Å². The molecule has 0 atom stereocenters. The number of carbonyl (C=O) groups excluding carboxylic acids is 1. The molecule has 168 valence electrons. The number of hydrogen-bond donors (Lipinski definition) is 0. The summed E-state index contributed by atoms with van der Waals surface area (Å²) in [6.45, 7) is 10.1. The molecule has 0 bridgehead atoms. The number of thiazole rings is 1. The maximum Gasteiger partial charge on any atom is 0.233 e. The minimum Gasteiger partial charge on any atom is -0.309 e. The minimum atomic E-state index is 0. The first-order valence-electron chi connectivity index (χ1n) is 10.7. The number of anilines is 1. The molecule has 1 heterocycles. The zero-order valence-electron chi connectivity index (χ0n) is 19.5. The van der Waals surface area contributed by atoms with E-state index >= 15 is 0 Å². The Morgan fingerprint density at radius 1 is 1.06 bits per heavy atom. The molecule has 1 aromatic heterocycles.